The molecule has 3 aromatic rings. The standard InChI is InChI=1S/C19H22N4O2/c1-4-13(3)25-16-9-7-15(8-10-16)20-19(24)14-6-11-18-17(12-14)21-22-23(18)5-2/h6-13H,4-5H2,1-3H3,(H,20,24). The van der Waals surface area contributed by atoms with Gasteiger partial charge in [-0.15, -0.1) is 5.10 Å². The highest BCUT2D eigenvalue weighted by molar-refractivity contribution is 6.05. The maximum absolute atomic E-state index is 12.4. The fraction of sp³-hybridized carbons (Fsp3) is 0.316. The van der Waals surface area contributed by atoms with Crippen LogP contribution in [0.1, 0.15) is 37.6 Å². The van der Waals surface area contributed by atoms with Gasteiger partial charge in [0.05, 0.1) is 11.6 Å². The summed E-state index contributed by atoms with van der Waals surface area (Å²) in [5, 5.41) is 11.1. The van der Waals surface area contributed by atoms with Crippen molar-refractivity contribution in [3.8, 4) is 5.75 Å². The molecule has 2 aromatic carbocycles. The van der Waals surface area contributed by atoms with E-state index < -0.39 is 0 Å². The summed E-state index contributed by atoms with van der Waals surface area (Å²) in [6, 6.07) is 12.8. The number of aryl methyl sites for hydroxylation is 1. The van der Waals surface area contributed by atoms with E-state index in [1.165, 1.54) is 0 Å². The molecule has 1 heterocycles. The molecule has 6 heteroatoms. The normalized spacial score (nSPS) is 12.1. The third-order valence-electron chi connectivity index (χ3n) is 4.10. The van der Waals surface area contributed by atoms with Crippen molar-refractivity contribution >= 4 is 22.6 Å². The molecule has 1 aromatic heterocycles. The van der Waals surface area contributed by atoms with Gasteiger partial charge in [0, 0.05) is 17.8 Å². The van der Waals surface area contributed by atoms with E-state index in [0.717, 1.165) is 29.9 Å². The number of hydrogen-bond donors (Lipinski definition) is 1. The topological polar surface area (TPSA) is 69.0 Å². The Balaban J connectivity index is 1.71. The van der Waals surface area contributed by atoms with Crippen molar-refractivity contribution in [1.29, 1.82) is 0 Å². The van der Waals surface area contributed by atoms with Crippen molar-refractivity contribution in [2.75, 3.05) is 5.32 Å². The lowest BCUT2D eigenvalue weighted by molar-refractivity contribution is 0.102. The zero-order valence-corrected chi connectivity index (χ0v) is 14.7. The first-order valence-electron chi connectivity index (χ1n) is 8.52. The van der Waals surface area contributed by atoms with Crippen molar-refractivity contribution in [3.63, 3.8) is 0 Å². The predicted octanol–water partition coefficient (Wildman–Crippen LogP) is 3.88. The number of nitrogens with one attached hydrogen (secondary N) is 1. The van der Waals surface area contributed by atoms with E-state index in [4.69, 9.17) is 4.74 Å². The molecule has 1 N–H and O–H groups in total. The minimum atomic E-state index is -0.177. The second-order valence-electron chi connectivity index (χ2n) is 5.92. The second-order valence-corrected chi connectivity index (χ2v) is 5.92. The van der Waals surface area contributed by atoms with Gasteiger partial charge in [-0.05, 0) is 62.7 Å². The molecule has 1 amide bonds. The van der Waals surface area contributed by atoms with Gasteiger partial charge in [-0.2, -0.15) is 0 Å². The first-order chi connectivity index (χ1) is 12.1. The fourth-order valence-electron chi connectivity index (χ4n) is 2.48. The molecule has 0 fully saturated rings. The molecule has 25 heavy (non-hydrogen) atoms. The van der Waals surface area contributed by atoms with Crippen molar-refractivity contribution in [3.05, 3.63) is 48.0 Å². The van der Waals surface area contributed by atoms with E-state index >= 15 is 0 Å². The zero-order chi connectivity index (χ0) is 17.8. The number of carbonyl (C=O) groups excluding carboxylic acids is 1. The van der Waals surface area contributed by atoms with Crippen LogP contribution in [-0.2, 0) is 6.54 Å². The maximum Gasteiger partial charge on any atom is 0.255 e. The average Bonchev–Trinajstić information content (AvgIpc) is 3.05. The summed E-state index contributed by atoms with van der Waals surface area (Å²) in [4.78, 5) is 12.4. The van der Waals surface area contributed by atoms with Crippen LogP contribution < -0.4 is 10.1 Å². The first-order valence-corrected chi connectivity index (χ1v) is 8.52. The molecule has 0 radical (unpaired) electrons. The number of anilines is 1. The molecule has 3 rings (SSSR count). The predicted molar refractivity (Wildman–Crippen MR) is 98.0 cm³/mol. The Morgan fingerprint density at radius 1 is 1.20 bits per heavy atom. The van der Waals surface area contributed by atoms with E-state index in [-0.39, 0.29) is 12.0 Å². The summed E-state index contributed by atoms with van der Waals surface area (Å²) < 4.78 is 7.54. The minimum absolute atomic E-state index is 0.170. The monoisotopic (exact) mass is 338 g/mol. The van der Waals surface area contributed by atoms with E-state index in [0.29, 0.717) is 11.1 Å². The average molecular weight is 338 g/mol. The van der Waals surface area contributed by atoms with Gasteiger partial charge in [0.15, 0.2) is 0 Å². The molecule has 6 nitrogen and oxygen atoms in total. The Hall–Kier alpha value is -2.89. The van der Waals surface area contributed by atoms with E-state index in [1.807, 2.05) is 44.2 Å². The number of ether oxygens (including phenoxy) is 1. The van der Waals surface area contributed by atoms with Gasteiger partial charge in [-0.1, -0.05) is 12.1 Å². The van der Waals surface area contributed by atoms with Crippen LogP contribution >= 0.6 is 0 Å². The quantitative estimate of drug-likeness (QED) is 0.740. The number of rotatable bonds is 6. The molecule has 0 aliphatic carbocycles. The summed E-state index contributed by atoms with van der Waals surface area (Å²) in [6.07, 6.45) is 1.12. The maximum atomic E-state index is 12.4. The van der Waals surface area contributed by atoms with Gasteiger partial charge >= 0.3 is 0 Å². The molecular weight excluding hydrogens is 316 g/mol. The summed E-state index contributed by atoms with van der Waals surface area (Å²) in [6.45, 7) is 6.85. The van der Waals surface area contributed by atoms with Crippen LogP contribution in [0.2, 0.25) is 0 Å². The summed E-state index contributed by atoms with van der Waals surface area (Å²) in [7, 11) is 0. The van der Waals surface area contributed by atoms with Crippen LogP contribution in [0.25, 0.3) is 11.0 Å². The first kappa shape index (κ1) is 17.0. The van der Waals surface area contributed by atoms with Crippen LogP contribution in [0, 0.1) is 0 Å². The molecule has 0 bridgehead atoms. The SMILES string of the molecule is CCC(C)Oc1ccc(NC(=O)c2ccc3c(c2)nnn3CC)cc1. The number of aromatic nitrogens is 3. The molecule has 1 unspecified atom stereocenters. The van der Waals surface area contributed by atoms with Gasteiger partial charge in [-0.25, -0.2) is 4.68 Å². The van der Waals surface area contributed by atoms with E-state index in [9.17, 15) is 4.79 Å². The van der Waals surface area contributed by atoms with Crippen molar-refractivity contribution in [2.45, 2.75) is 39.8 Å². The van der Waals surface area contributed by atoms with E-state index in [1.54, 1.807) is 16.8 Å². The summed E-state index contributed by atoms with van der Waals surface area (Å²) >= 11 is 0. The lowest BCUT2D eigenvalue weighted by Gasteiger charge is -2.13. The van der Waals surface area contributed by atoms with Gasteiger partial charge < -0.3 is 10.1 Å². The molecule has 0 spiro atoms. The van der Waals surface area contributed by atoms with Gasteiger partial charge in [-0.3, -0.25) is 4.79 Å². The Kier molecular flexibility index (Phi) is 4.97. The van der Waals surface area contributed by atoms with Crippen LogP contribution in [0.5, 0.6) is 5.75 Å². The highest BCUT2D eigenvalue weighted by Crippen LogP contribution is 2.19. The Labute approximate surface area is 146 Å². The molecule has 1 atom stereocenters. The molecule has 0 aliphatic heterocycles. The van der Waals surface area contributed by atoms with Crippen molar-refractivity contribution in [1.82, 2.24) is 15.0 Å². The van der Waals surface area contributed by atoms with Gasteiger partial charge in [0.2, 0.25) is 0 Å². The molecule has 0 aliphatic rings. The second kappa shape index (κ2) is 7.34. The Bertz CT molecular complexity index is 871. The largest absolute Gasteiger partial charge is 0.491 e. The van der Waals surface area contributed by atoms with Crippen LogP contribution in [0.4, 0.5) is 5.69 Å². The highest BCUT2D eigenvalue weighted by atomic mass is 16.5. The number of benzene rings is 2. The Morgan fingerprint density at radius 2 is 1.96 bits per heavy atom. The van der Waals surface area contributed by atoms with Crippen LogP contribution in [-0.4, -0.2) is 27.0 Å². The summed E-state index contributed by atoms with van der Waals surface area (Å²) in [5.74, 6) is 0.619. The molecular formula is C19H22N4O2. The fourth-order valence-corrected chi connectivity index (χ4v) is 2.48. The Morgan fingerprint density at radius 3 is 2.64 bits per heavy atom. The van der Waals surface area contributed by atoms with Crippen molar-refractivity contribution in [2.24, 2.45) is 0 Å². The smallest absolute Gasteiger partial charge is 0.255 e. The molecule has 130 valence electrons. The number of nitrogens with zero attached hydrogens (tertiary/aromatic N) is 3. The third kappa shape index (κ3) is 3.79. The lowest BCUT2D eigenvalue weighted by atomic mass is 10.1. The number of hydrogen-bond acceptors (Lipinski definition) is 4. The zero-order valence-electron chi connectivity index (χ0n) is 14.7. The number of amides is 1. The lowest BCUT2D eigenvalue weighted by Crippen LogP contribution is -2.12. The van der Waals surface area contributed by atoms with E-state index in [2.05, 4.69) is 22.6 Å². The van der Waals surface area contributed by atoms with Crippen LogP contribution in [0.15, 0.2) is 42.5 Å². The van der Waals surface area contributed by atoms with Crippen molar-refractivity contribution < 1.29 is 9.53 Å². The third-order valence-corrected chi connectivity index (χ3v) is 4.10. The highest BCUT2D eigenvalue weighted by Gasteiger charge is 2.10. The van der Waals surface area contributed by atoms with Gasteiger partial charge in [0.1, 0.15) is 11.3 Å². The summed E-state index contributed by atoms with van der Waals surface area (Å²) in [5.41, 5.74) is 2.91. The van der Waals surface area contributed by atoms with Gasteiger partial charge in [0.25, 0.3) is 5.91 Å². The number of carbonyl (C=O) groups is 1. The molecule has 0 saturated carbocycles. The minimum Gasteiger partial charge on any atom is -0.491 e. The molecule has 0 saturated heterocycles. The number of fused-ring (bicyclic) bond motifs is 1. The van der Waals surface area contributed by atoms with Crippen LogP contribution in [0.3, 0.4) is 0 Å².